The van der Waals surface area contributed by atoms with Crippen LogP contribution in [0.15, 0.2) is 6.07 Å². The van der Waals surface area contributed by atoms with Crippen LogP contribution >= 0.6 is 0 Å². The van der Waals surface area contributed by atoms with Gasteiger partial charge in [-0.1, -0.05) is 13.3 Å². The molecule has 0 spiro atoms. The number of rotatable bonds is 2. The highest BCUT2D eigenvalue weighted by Crippen LogP contribution is 2.22. The highest BCUT2D eigenvalue weighted by Gasteiger charge is 2.15. The molecule has 72 valence electrons. The predicted molar refractivity (Wildman–Crippen MR) is 44.7 cm³/mol. The van der Waals surface area contributed by atoms with Gasteiger partial charge in [0.15, 0.2) is 11.6 Å². The van der Waals surface area contributed by atoms with E-state index in [-0.39, 0.29) is 5.56 Å². The molecule has 0 aliphatic heterocycles. The van der Waals surface area contributed by atoms with Crippen molar-refractivity contribution in [3.63, 3.8) is 0 Å². The van der Waals surface area contributed by atoms with E-state index in [4.69, 9.17) is 5.73 Å². The molecule has 1 rings (SSSR count). The molecular formula is C9H10F3N. The van der Waals surface area contributed by atoms with Crippen LogP contribution in [0.1, 0.15) is 18.9 Å². The summed E-state index contributed by atoms with van der Waals surface area (Å²) in [6, 6.07) is 0.942. The summed E-state index contributed by atoms with van der Waals surface area (Å²) in [5.74, 6) is -3.23. The van der Waals surface area contributed by atoms with Crippen molar-refractivity contribution in [1.82, 2.24) is 0 Å². The Labute approximate surface area is 74.4 Å². The molecule has 0 unspecified atom stereocenters. The van der Waals surface area contributed by atoms with Crippen LogP contribution < -0.4 is 5.73 Å². The lowest BCUT2D eigenvalue weighted by Gasteiger charge is -2.05. The standard InChI is InChI=1S/C9H10F3N/c1-2-3-5-4-6(10)9(13)8(12)7(5)11/h4H,2-3,13H2,1H3. The lowest BCUT2D eigenvalue weighted by Crippen LogP contribution is -2.03. The molecule has 4 heteroatoms. The zero-order valence-electron chi connectivity index (χ0n) is 7.20. The van der Waals surface area contributed by atoms with Crippen molar-refractivity contribution in [2.75, 3.05) is 5.73 Å². The van der Waals surface area contributed by atoms with Gasteiger partial charge in [0.25, 0.3) is 0 Å². The number of hydrogen-bond acceptors (Lipinski definition) is 1. The summed E-state index contributed by atoms with van der Waals surface area (Å²) >= 11 is 0. The van der Waals surface area contributed by atoms with Gasteiger partial charge in [0, 0.05) is 0 Å². The Morgan fingerprint density at radius 1 is 1.23 bits per heavy atom. The van der Waals surface area contributed by atoms with E-state index in [9.17, 15) is 13.2 Å². The van der Waals surface area contributed by atoms with E-state index in [0.717, 1.165) is 6.07 Å². The van der Waals surface area contributed by atoms with E-state index in [1.54, 1.807) is 6.92 Å². The number of aryl methyl sites for hydroxylation is 1. The number of halogens is 3. The average molecular weight is 189 g/mol. The minimum atomic E-state index is -1.29. The second kappa shape index (κ2) is 3.68. The minimum absolute atomic E-state index is 0.0340. The fourth-order valence-electron chi connectivity index (χ4n) is 1.11. The molecule has 0 aliphatic carbocycles. The Morgan fingerprint density at radius 3 is 2.38 bits per heavy atom. The van der Waals surface area contributed by atoms with Crippen molar-refractivity contribution in [3.8, 4) is 0 Å². The van der Waals surface area contributed by atoms with Crippen LogP contribution in [0.2, 0.25) is 0 Å². The van der Waals surface area contributed by atoms with Crippen LogP contribution in [0.3, 0.4) is 0 Å². The number of benzene rings is 1. The molecule has 1 nitrogen and oxygen atoms in total. The van der Waals surface area contributed by atoms with Crippen molar-refractivity contribution >= 4 is 5.69 Å². The molecule has 1 aromatic rings. The minimum Gasteiger partial charge on any atom is -0.394 e. The van der Waals surface area contributed by atoms with Gasteiger partial charge in [-0.3, -0.25) is 0 Å². The maximum atomic E-state index is 13.0. The topological polar surface area (TPSA) is 26.0 Å². The fourth-order valence-corrected chi connectivity index (χ4v) is 1.11. The molecule has 0 amide bonds. The molecule has 13 heavy (non-hydrogen) atoms. The lowest BCUT2D eigenvalue weighted by molar-refractivity contribution is 0.489. The molecule has 0 bridgehead atoms. The summed E-state index contributed by atoms with van der Waals surface area (Å²) in [4.78, 5) is 0. The van der Waals surface area contributed by atoms with E-state index in [1.807, 2.05) is 0 Å². The van der Waals surface area contributed by atoms with Crippen molar-refractivity contribution in [2.24, 2.45) is 0 Å². The Hall–Kier alpha value is -1.19. The number of hydrogen-bond donors (Lipinski definition) is 1. The van der Waals surface area contributed by atoms with Crippen LogP contribution in [-0.4, -0.2) is 0 Å². The van der Waals surface area contributed by atoms with Crippen LogP contribution in [0.5, 0.6) is 0 Å². The van der Waals surface area contributed by atoms with E-state index in [0.29, 0.717) is 12.8 Å². The van der Waals surface area contributed by atoms with E-state index in [2.05, 4.69) is 0 Å². The van der Waals surface area contributed by atoms with Crippen LogP contribution in [-0.2, 0) is 6.42 Å². The third kappa shape index (κ3) is 1.76. The monoisotopic (exact) mass is 189 g/mol. The van der Waals surface area contributed by atoms with E-state index >= 15 is 0 Å². The van der Waals surface area contributed by atoms with Gasteiger partial charge in [-0.15, -0.1) is 0 Å². The summed E-state index contributed by atoms with van der Waals surface area (Å²) in [6.07, 6.45) is 0.930. The molecule has 0 radical (unpaired) electrons. The first-order valence-electron chi connectivity index (χ1n) is 3.99. The average Bonchev–Trinajstić information content (AvgIpc) is 2.11. The molecule has 2 N–H and O–H groups in total. The Balaban J connectivity index is 3.24. The first-order chi connectivity index (χ1) is 6.07. The SMILES string of the molecule is CCCc1cc(F)c(N)c(F)c1F. The normalized spacial score (nSPS) is 10.5. The predicted octanol–water partition coefficient (Wildman–Crippen LogP) is 2.64. The van der Waals surface area contributed by atoms with Crippen LogP contribution in [0.25, 0.3) is 0 Å². The second-order valence-corrected chi connectivity index (χ2v) is 2.81. The molecule has 0 saturated heterocycles. The number of nitrogens with two attached hydrogens (primary N) is 1. The highest BCUT2D eigenvalue weighted by atomic mass is 19.2. The van der Waals surface area contributed by atoms with Crippen molar-refractivity contribution in [1.29, 1.82) is 0 Å². The third-order valence-corrected chi connectivity index (χ3v) is 1.79. The third-order valence-electron chi connectivity index (χ3n) is 1.79. The van der Waals surface area contributed by atoms with Crippen molar-refractivity contribution < 1.29 is 13.2 Å². The number of nitrogen functional groups attached to an aromatic ring is 1. The van der Waals surface area contributed by atoms with E-state index in [1.165, 1.54) is 0 Å². The van der Waals surface area contributed by atoms with Crippen molar-refractivity contribution in [2.45, 2.75) is 19.8 Å². The summed E-state index contributed by atoms with van der Waals surface area (Å²) in [5.41, 5.74) is 4.24. The fraction of sp³-hybridized carbons (Fsp3) is 0.333. The van der Waals surface area contributed by atoms with Gasteiger partial charge in [-0.2, -0.15) is 0 Å². The summed E-state index contributed by atoms with van der Waals surface area (Å²) < 4.78 is 38.7. The van der Waals surface area contributed by atoms with Gasteiger partial charge < -0.3 is 5.73 Å². The zero-order valence-corrected chi connectivity index (χ0v) is 7.20. The summed E-state index contributed by atoms with van der Waals surface area (Å²) in [6.45, 7) is 1.80. The van der Waals surface area contributed by atoms with Gasteiger partial charge in [0.05, 0.1) is 0 Å². The Kier molecular flexibility index (Phi) is 2.80. The molecule has 0 fully saturated rings. The highest BCUT2D eigenvalue weighted by molar-refractivity contribution is 5.44. The maximum Gasteiger partial charge on any atom is 0.184 e. The van der Waals surface area contributed by atoms with Crippen molar-refractivity contribution in [3.05, 3.63) is 29.1 Å². The smallest absolute Gasteiger partial charge is 0.184 e. The molecule has 0 heterocycles. The van der Waals surface area contributed by atoms with Gasteiger partial charge in [-0.25, -0.2) is 13.2 Å². The zero-order chi connectivity index (χ0) is 10.0. The van der Waals surface area contributed by atoms with Gasteiger partial charge in [-0.05, 0) is 18.1 Å². The Morgan fingerprint density at radius 2 is 1.85 bits per heavy atom. The van der Waals surface area contributed by atoms with Crippen LogP contribution in [0, 0.1) is 17.5 Å². The molecule has 0 atom stereocenters. The largest absolute Gasteiger partial charge is 0.394 e. The molecule has 0 aromatic heterocycles. The van der Waals surface area contributed by atoms with Gasteiger partial charge >= 0.3 is 0 Å². The first-order valence-corrected chi connectivity index (χ1v) is 3.99. The van der Waals surface area contributed by atoms with E-state index < -0.39 is 23.1 Å². The first kappa shape index (κ1) is 9.89. The van der Waals surface area contributed by atoms with Crippen LogP contribution in [0.4, 0.5) is 18.9 Å². The quantitative estimate of drug-likeness (QED) is 0.561. The lowest BCUT2D eigenvalue weighted by atomic mass is 10.1. The second-order valence-electron chi connectivity index (χ2n) is 2.81. The number of anilines is 1. The molecular weight excluding hydrogens is 179 g/mol. The maximum absolute atomic E-state index is 13.0. The molecule has 1 aromatic carbocycles. The molecule has 0 saturated carbocycles. The Bertz CT molecular complexity index is 323. The summed E-state index contributed by atoms with van der Waals surface area (Å²) in [5, 5.41) is 0. The molecule has 0 aliphatic rings. The van der Waals surface area contributed by atoms with Gasteiger partial charge in [0.1, 0.15) is 11.5 Å². The van der Waals surface area contributed by atoms with Gasteiger partial charge in [0.2, 0.25) is 0 Å². The summed E-state index contributed by atoms with van der Waals surface area (Å²) in [7, 11) is 0.